The van der Waals surface area contributed by atoms with Gasteiger partial charge in [0.05, 0.1) is 13.0 Å². The molecule has 0 bridgehead atoms. The van der Waals surface area contributed by atoms with Crippen LogP contribution in [-0.4, -0.2) is 38.4 Å². The minimum Gasteiger partial charge on any atom is -0.463 e. The summed E-state index contributed by atoms with van der Waals surface area (Å²) in [7, 11) is 0. The number of esters is 1. The molecule has 0 aromatic heterocycles. The summed E-state index contributed by atoms with van der Waals surface area (Å²) >= 11 is 0. The summed E-state index contributed by atoms with van der Waals surface area (Å²) in [5.41, 5.74) is 0. The second-order valence-electron chi connectivity index (χ2n) is 3.83. The van der Waals surface area contributed by atoms with Gasteiger partial charge < -0.3 is 14.8 Å². The van der Waals surface area contributed by atoms with E-state index in [0.717, 1.165) is 32.4 Å². The first kappa shape index (κ1) is 12.5. The topological polar surface area (TPSA) is 47.6 Å². The molecule has 0 aromatic carbocycles. The fourth-order valence-electron chi connectivity index (χ4n) is 1.65. The number of carbonyl (C=O) groups excluding carboxylic acids is 1. The van der Waals surface area contributed by atoms with Gasteiger partial charge in [-0.2, -0.15) is 0 Å². The van der Waals surface area contributed by atoms with Crippen molar-refractivity contribution in [2.75, 3.05) is 26.4 Å². The molecular weight excluding hydrogens is 194 g/mol. The Balaban J connectivity index is 1.93. The first-order valence-corrected chi connectivity index (χ1v) is 5.79. The summed E-state index contributed by atoms with van der Waals surface area (Å²) in [6, 6.07) is 0.328. The lowest BCUT2D eigenvalue weighted by Crippen LogP contribution is -2.26. The van der Waals surface area contributed by atoms with E-state index in [4.69, 9.17) is 9.47 Å². The summed E-state index contributed by atoms with van der Waals surface area (Å²) in [5.74, 6) is -0.116. The first-order chi connectivity index (χ1) is 7.33. The zero-order chi connectivity index (χ0) is 10.9. The molecule has 0 spiro atoms. The molecule has 1 heterocycles. The lowest BCUT2D eigenvalue weighted by atomic mass is 10.2. The van der Waals surface area contributed by atoms with E-state index in [0.29, 0.717) is 25.7 Å². The molecule has 0 aromatic rings. The molecule has 1 aliphatic rings. The Morgan fingerprint density at radius 3 is 2.93 bits per heavy atom. The van der Waals surface area contributed by atoms with Crippen molar-refractivity contribution in [3.8, 4) is 0 Å². The van der Waals surface area contributed by atoms with E-state index in [1.165, 1.54) is 0 Å². The van der Waals surface area contributed by atoms with Crippen LogP contribution in [0, 0.1) is 0 Å². The van der Waals surface area contributed by atoms with Crippen molar-refractivity contribution in [3.05, 3.63) is 0 Å². The van der Waals surface area contributed by atoms with Crippen LogP contribution in [0.5, 0.6) is 0 Å². The van der Waals surface area contributed by atoms with E-state index in [9.17, 15) is 4.79 Å². The predicted octanol–water partition coefficient (Wildman–Crippen LogP) is 1.10. The van der Waals surface area contributed by atoms with Crippen molar-refractivity contribution in [2.45, 2.75) is 38.6 Å². The van der Waals surface area contributed by atoms with Crippen molar-refractivity contribution >= 4 is 5.97 Å². The van der Waals surface area contributed by atoms with Crippen molar-refractivity contribution in [1.29, 1.82) is 0 Å². The van der Waals surface area contributed by atoms with Gasteiger partial charge in [-0.1, -0.05) is 6.92 Å². The number of ether oxygens (including phenoxy) is 2. The molecule has 1 aliphatic heterocycles. The van der Waals surface area contributed by atoms with Gasteiger partial charge in [-0.05, 0) is 25.8 Å². The van der Waals surface area contributed by atoms with Gasteiger partial charge in [-0.15, -0.1) is 0 Å². The van der Waals surface area contributed by atoms with Crippen LogP contribution in [0.15, 0.2) is 0 Å². The van der Waals surface area contributed by atoms with Crippen molar-refractivity contribution < 1.29 is 14.3 Å². The second-order valence-corrected chi connectivity index (χ2v) is 3.83. The minimum absolute atomic E-state index is 0.116. The Bertz CT molecular complexity index is 179. The van der Waals surface area contributed by atoms with Crippen LogP contribution < -0.4 is 5.32 Å². The first-order valence-electron chi connectivity index (χ1n) is 5.79. The number of hydrogen-bond acceptors (Lipinski definition) is 4. The number of hydrogen-bond donors (Lipinski definition) is 1. The third-order valence-electron chi connectivity index (χ3n) is 2.41. The summed E-state index contributed by atoms with van der Waals surface area (Å²) in [4.78, 5) is 11.3. The predicted molar refractivity (Wildman–Crippen MR) is 57.7 cm³/mol. The summed E-state index contributed by atoms with van der Waals surface area (Å²) < 4.78 is 10.3. The normalized spacial score (nSPS) is 20.5. The zero-order valence-corrected chi connectivity index (χ0v) is 9.46. The van der Waals surface area contributed by atoms with Crippen molar-refractivity contribution in [3.63, 3.8) is 0 Å². The largest absolute Gasteiger partial charge is 0.463 e. The number of nitrogens with one attached hydrogen (secondary N) is 1. The van der Waals surface area contributed by atoms with Gasteiger partial charge in [0.2, 0.25) is 0 Å². The average molecular weight is 215 g/mol. The zero-order valence-electron chi connectivity index (χ0n) is 9.46. The molecule has 4 heteroatoms. The summed E-state index contributed by atoms with van der Waals surface area (Å²) in [5, 5.41) is 3.27. The van der Waals surface area contributed by atoms with E-state index in [1.807, 2.05) is 0 Å². The molecule has 4 nitrogen and oxygen atoms in total. The van der Waals surface area contributed by atoms with Crippen molar-refractivity contribution in [2.24, 2.45) is 0 Å². The second kappa shape index (κ2) is 7.65. The third-order valence-corrected chi connectivity index (χ3v) is 2.41. The Morgan fingerprint density at radius 1 is 1.40 bits per heavy atom. The maximum Gasteiger partial charge on any atom is 0.307 e. The molecule has 88 valence electrons. The molecule has 0 saturated carbocycles. The van der Waals surface area contributed by atoms with Gasteiger partial charge >= 0.3 is 5.97 Å². The smallest absolute Gasteiger partial charge is 0.307 e. The van der Waals surface area contributed by atoms with Gasteiger partial charge in [0.1, 0.15) is 6.61 Å². The molecular formula is C11H21NO3. The summed E-state index contributed by atoms with van der Waals surface area (Å²) in [6.45, 7) is 4.71. The quantitative estimate of drug-likeness (QED) is 0.510. The van der Waals surface area contributed by atoms with Gasteiger partial charge in [0, 0.05) is 12.6 Å². The number of carbonyl (C=O) groups is 1. The highest BCUT2D eigenvalue weighted by atomic mass is 16.6. The highest BCUT2D eigenvalue weighted by Crippen LogP contribution is 2.09. The van der Waals surface area contributed by atoms with E-state index in [1.54, 1.807) is 0 Å². The molecule has 0 amide bonds. The van der Waals surface area contributed by atoms with Gasteiger partial charge in [-0.3, -0.25) is 4.79 Å². The van der Waals surface area contributed by atoms with E-state index < -0.39 is 0 Å². The average Bonchev–Trinajstić information content (AvgIpc) is 2.70. The Hall–Kier alpha value is -0.610. The van der Waals surface area contributed by atoms with Crippen LogP contribution in [0.4, 0.5) is 0 Å². The van der Waals surface area contributed by atoms with Gasteiger partial charge in [-0.25, -0.2) is 0 Å². The monoisotopic (exact) mass is 215 g/mol. The van der Waals surface area contributed by atoms with E-state index >= 15 is 0 Å². The molecule has 0 aliphatic carbocycles. The Morgan fingerprint density at radius 2 is 2.27 bits per heavy atom. The van der Waals surface area contributed by atoms with Crippen LogP contribution in [0.3, 0.4) is 0 Å². The highest BCUT2D eigenvalue weighted by molar-refractivity contribution is 5.70. The van der Waals surface area contributed by atoms with Crippen LogP contribution in [-0.2, 0) is 14.3 Å². The molecule has 1 atom stereocenters. The van der Waals surface area contributed by atoms with E-state index in [-0.39, 0.29) is 5.97 Å². The van der Waals surface area contributed by atoms with Crippen LogP contribution in [0.1, 0.15) is 32.6 Å². The SMILES string of the molecule is CCCOCCOC(=O)CC1CCCN1. The Kier molecular flexibility index (Phi) is 6.36. The molecule has 1 unspecified atom stereocenters. The fourth-order valence-corrected chi connectivity index (χ4v) is 1.65. The van der Waals surface area contributed by atoms with Crippen LogP contribution in [0.2, 0.25) is 0 Å². The van der Waals surface area contributed by atoms with Gasteiger partial charge in [0.15, 0.2) is 0 Å². The maximum absolute atomic E-state index is 11.3. The van der Waals surface area contributed by atoms with Crippen molar-refractivity contribution in [1.82, 2.24) is 5.32 Å². The lowest BCUT2D eigenvalue weighted by Gasteiger charge is -2.09. The molecule has 1 N–H and O–H groups in total. The lowest BCUT2D eigenvalue weighted by molar-refractivity contribution is -0.145. The third kappa shape index (κ3) is 5.74. The molecule has 1 saturated heterocycles. The molecule has 15 heavy (non-hydrogen) atoms. The molecule has 1 fully saturated rings. The highest BCUT2D eigenvalue weighted by Gasteiger charge is 2.18. The standard InChI is InChI=1S/C11H21NO3/c1-2-6-14-7-8-15-11(13)9-10-4-3-5-12-10/h10,12H,2-9H2,1H3. The number of rotatable bonds is 7. The summed E-state index contributed by atoms with van der Waals surface area (Å²) in [6.07, 6.45) is 3.74. The van der Waals surface area contributed by atoms with Crippen LogP contribution >= 0.6 is 0 Å². The molecule has 1 rings (SSSR count). The maximum atomic E-state index is 11.3. The Labute approximate surface area is 91.3 Å². The minimum atomic E-state index is -0.116. The van der Waals surface area contributed by atoms with E-state index in [2.05, 4.69) is 12.2 Å². The molecule has 0 radical (unpaired) electrons. The fraction of sp³-hybridized carbons (Fsp3) is 0.909. The van der Waals surface area contributed by atoms with Crippen LogP contribution in [0.25, 0.3) is 0 Å². The van der Waals surface area contributed by atoms with Gasteiger partial charge in [0.25, 0.3) is 0 Å².